The van der Waals surface area contributed by atoms with E-state index in [2.05, 4.69) is 22.3 Å². The van der Waals surface area contributed by atoms with Crippen LogP contribution in [0.4, 0.5) is 0 Å². The Balaban J connectivity index is 0.00000156. The van der Waals surface area contributed by atoms with Crippen LogP contribution in [0.25, 0.3) is 0 Å². The van der Waals surface area contributed by atoms with Crippen LogP contribution in [0.1, 0.15) is 50.6 Å². The summed E-state index contributed by atoms with van der Waals surface area (Å²) in [5.41, 5.74) is 1.37. The number of hydrogen-bond donors (Lipinski definition) is 1. The topological polar surface area (TPSA) is 41.6 Å². The molecule has 1 saturated carbocycles. The van der Waals surface area contributed by atoms with Gasteiger partial charge in [0.15, 0.2) is 0 Å². The molecule has 0 unspecified atom stereocenters. The number of carbonyl (C=O) groups is 1. The zero-order valence-electron chi connectivity index (χ0n) is 14.9. The van der Waals surface area contributed by atoms with Crippen molar-refractivity contribution in [3.8, 4) is 5.75 Å². The lowest BCUT2D eigenvalue weighted by Gasteiger charge is -2.41. The van der Waals surface area contributed by atoms with Crippen molar-refractivity contribution >= 4 is 30.8 Å². The molecule has 2 aliphatic rings. The Kier molecular flexibility index (Phi) is 9.80. The lowest BCUT2D eigenvalue weighted by molar-refractivity contribution is -0.131. The molecule has 1 heterocycles. The fraction of sp³-hybridized carbons (Fsp3) is 0.632. The molecule has 6 heteroatoms. The maximum atomic E-state index is 11.1. The smallest absolute Gasteiger partial charge is 0.308 e. The van der Waals surface area contributed by atoms with Crippen LogP contribution in [-0.2, 0) is 4.79 Å². The van der Waals surface area contributed by atoms with Crippen LogP contribution in [0.5, 0.6) is 5.75 Å². The molecular formula is C19H30Cl2N2O2. The summed E-state index contributed by atoms with van der Waals surface area (Å²) >= 11 is 0. The summed E-state index contributed by atoms with van der Waals surface area (Å²) in [6.45, 7) is 5.84. The molecule has 0 aromatic heterocycles. The minimum absolute atomic E-state index is 0. The van der Waals surface area contributed by atoms with Crippen LogP contribution >= 0.6 is 24.8 Å². The summed E-state index contributed by atoms with van der Waals surface area (Å²) in [4.78, 5) is 13.7. The highest BCUT2D eigenvalue weighted by molar-refractivity contribution is 5.85. The molecule has 1 atom stereocenters. The van der Waals surface area contributed by atoms with Crippen molar-refractivity contribution < 1.29 is 9.53 Å². The first-order valence-electron chi connectivity index (χ1n) is 8.97. The SMILES string of the molecule is CC(=O)Oc1ccc([C@H](C2CCCCC2)N2CCNCC2)cc1.Cl.Cl. The van der Waals surface area contributed by atoms with Gasteiger partial charge >= 0.3 is 5.97 Å². The van der Waals surface area contributed by atoms with Crippen LogP contribution in [0, 0.1) is 5.92 Å². The Hall–Kier alpha value is -0.810. The van der Waals surface area contributed by atoms with Crippen molar-refractivity contribution in [3.05, 3.63) is 29.8 Å². The molecule has 0 radical (unpaired) electrons. The summed E-state index contributed by atoms with van der Waals surface area (Å²) < 4.78 is 5.18. The summed E-state index contributed by atoms with van der Waals surface area (Å²) in [5.74, 6) is 1.13. The fourth-order valence-corrected chi connectivity index (χ4v) is 4.09. The largest absolute Gasteiger partial charge is 0.427 e. The van der Waals surface area contributed by atoms with Gasteiger partial charge in [0.25, 0.3) is 0 Å². The van der Waals surface area contributed by atoms with Gasteiger partial charge in [-0.1, -0.05) is 31.4 Å². The minimum Gasteiger partial charge on any atom is -0.427 e. The van der Waals surface area contributed by atoms with E-state index in [-0.39, 0.29) is 30.8 Å². The van der Waals surface area contributed by atoms with E-state index >= 15 is 0 Å². The number of benzene rings is 1. The first-order valence-corrected chi connectivity index (χ1v) is 8.97. The van der Waals surface area contributed by atoms with E-state index < -0.39 is 0 Å². The van der Waals surface area contributed by atoms with Crippen LogP contribution in [-0.4, -0.2) is 37.0 Å². The van der Waals surface area contributed by atoms with Crippen molar-refractivity contribution in [1.82, 2.24) is 10.2 Å². The molecule has 25 heavy (non-hydrogen) atoms. The van der Waals surface area contributed by atoms with E-state index in [1.807, 2.05) is 12.1 Å². The third kappa shape index (κ3) is 6.14. The number of nitrogens with one attached hydrogen (secondary N) is 1. The molecular weight excluding hydrogens is 359 g/mol. The summed E-state index contributed by atoms with van der Waals surface area (Å²) in [5, 5.41) is 3.46. The van der Waals surface area contributed by atoms with Gasteiger partial charge in [0, 0.05) is 39.1 Å². The van der Waals surface area contributed by atoms with Gasteiger partial charge in [-0.3, -0.25) is 9.69 Å². The van der Waals surface area contributed by atoms with Gasteiger partial charge in [-0.15, -0.1) is 24.8 Å². The Morgan fingerprint density at radius 2 is 1.68 bits per heavy atom. The number of nitrogens with zero attached hydrogens (tertiary/aromatic N) is 1. The van der Waals surface area contributed by atoms with Gasteiger partial charge in [0.1, 0.15) is 5.75 Å². The zero-order chi connectivity index (χ0) is 16.1. The van der Waals surface area contributed by atoms with Gasteiger partial charge in [0.2, 0.25) is 0 Å². The first kappa shape index (κ1) is 22.2. The van der Waals surface area contributed by atoms with E-state index in [4.69, 9.17) is 4.74 Å². The normalized spacial score (nSPS) is 20.0. The maximum Gasteiger partial charge on any atom is 0.308 e. The van der Waals surface area contributed by atoms with Crippen molar-refractivity contribution in [2.45, 2.75) is 45.1 Å². The second-order valence-corrected chi connectivity index (χ2v) is 6.79. The quantitative estimate of drug-likeness (QED) is 0.625. The molecule has 3 rings (SSSR count). The second kappa shape index (κ2) is 11.0. The third-order valence-corrected chi connectivity index (χ3v) is 5.12. The summed E-state index contributed by atoms with van der Waals surface area (Å²) in [7, 11) is 0. The molecule has 0 amide bonds. The molecule has 1 N–H and O–H groups in total. The number of halogens is 2. The van der Waals surface area contributed by atoms with Crippen LogP contribution < -0.4 is 10.1 Å². The molecule has 1 aromatic rings. The minimum atomic E-state index is -0.260. The number of carbonyl (C=O) groups excluding carboxylic acids is 1. The highest BCUT2D eigenvalue weighted by atomic mass is 35.5. The zero-order valence-corrected chi connectivity index (χ0v) is 16.5. The van der Waals surface area contributed by atoms with Gasteiger partial charge in [-0.05, 0) is 36.5 Å². The number of hydrogen-bond acceptors (Lipinski definition) is 4. The third-order valence-electron chi connectivity index (χ3n) is 5.12. The Morgan fingerprint density at radius 1 is 1.08 bits per heavy atom. The van der Waals surface area contributed by atoms with Gasteiger partial charge < -0.3 is 10.1 Å². The molecule has 142 valence electrons. The van der Waals surface area contributed by atoms with Crippen molar-refractivity contribution in [1.29, 1.82) is 0 Å². The lowest BCUT2D eigenvalue weighted by atomic mass is 9.80. The summed E-state index contributed by atoms with van der Waals surface area (Å²) in [6.07, 6.45) is 6.77. The molecule has 1 saturated heterocycles. The van der Waals surface area contributed by atoms with Crippen LogP contribution in [0.2, 0.25) is 0 Å². The number of piperazine rings is 1. The molecule has 0 spiro atoms. The second-order valence-electron chi connectivity index (χ2n) is 6.79. The Labute approximate surface area is 163 Å². The van der Waals surface area contributed by atoms with Gasteiger partial charge in [-0.2, -0.15) is 0 Å². The molecule has 0 bridgehead atoms. The van der Waals surface area contributed by atoms with Gasteiger partial charge in [-0.25, -0.2) is 0 Å². The maximum absolute atomic E-state index is 11.1. The number of ether oxygens (including phenoxy) is 1. The van der Waals surface area contributed by atoms with E-state index in [1.54, 1.807) is 0 Å². The first-order chi connectivity index (χ1) is 11.2. The van der Waals surface area contributed by atoms with Crippen LogP contribution in [0.15, 0.2) is 24.3 Å². The Bertz CT molecular complexity index is 495. The number of esters is 1. The highest BCUT2D eigenvalue weighted by Gasteiger charge is 2.30. The fourth-order valence-electron chi connectivity index (χ4n) is 4.09. The number of rotatable bonds is 4. The molecule has 4 nitrogen and oxygen atoms in total. The molecule has 1 aliphatic carbocycles. The van der Waals surface area contributed by atoms with E-state index in [0.29, 0.717) is 11.8 Å². The predicted molar refractivity (Wildman–Crippen MR) is 106 cm³/mol. The average Bonchev–Trinajstić information content (AvgIpc) is 2.58. The van der Waals surface area contributed by atoms with E-state index in [9.17, 15) is 4.79 Å². The molecule has 1 aliphatic heterocycles. The van der Waals surface area contributed by atoms with Crippen molar-refractivity contribution in [3.63, 3.8) is 0 Å². The van der Waals surface area contributed by atoms with Gasteiger partial charge in [0.05, 0.1) is 0 Å². The standard InChI is InChI=1S/C19H28N2O2.2ClH/c1-15(22)23-18-9-7-17(8-10-18)19(16-5-3-2-4-6-16)21-13-11-20-12-14-21;;/h7-10,16,19-20H,2-6,11-14H2,1H3;2*1H/t19-;;/m0../s1. The van der Waals surface area contributed by atoms with E-state index in [1.165, 1.54) is 44.6 Å². The summed E-state index contributed by atoms with van der Waals surface area (Å²) in [6, 6.07) is 8.69. The molecule has 2 fully saturated rings. The Morgan fingerprint density at radius 3 is 2.24 bits per heavy atom. The van der Waals surface area contributed by atoms with Crippen molar-refractivity contribution in [2.75, 3.05) is 26.2 Å². The van der Waals surface area contributed by atoms with Crippen molar-refractivity contribution in [2.24, 2.45) is 5.92 Å². The molecule has 1 aromatic carbocycles. The van der Waals surface area contributed by atoms with E-state index in [0.717, 1.165) is 32.1 Å². The van der Waals surface area contributed by atoms with Crippen LogP contribution in [0.3, 0.4) is 0 Å². The highest BCUT2D eigenvalue weighted by Crippen LogP contribution is 2.38. The monoisotopic (exact) mass is 388 g/mol. The lowest BCUT2D eigenvalue weighted by Crippen LogP contribution is -2.47. The average molecular weight is 389 g/mol. The predicted octanol–water partition coefficient (Wildman–Crippen LogP) is 3.98.